The first-order valence-corrected chi connectivity index (χ1v) is 5.47. The predicted octanol–water partition coefficient (Wildman–Crippen LogP) is 1.73. The van der Waals surface area contributed by atoms with E-state index in [-0.39, 0.29) is 17.2 Å². The van der Waals surface area contributed by atoms with Crippen LogP contribution in [0.4, 0.5) is 11.5 Å². The monoisotopic (exact) mass is 311 g/mol. The summed E-state index contributed by atoms with van der Waals surface area (Å²) in [6, 6.07) is 1.14. The van der Waals surface area contributed by atoms with Gasteiger partial charge in [0.1, 0.15) is 10.3 Å². The third kappa shape index (κ3) is 2.69. The summed E-state index contributed by atoms with van der Waals surface area (Å²) in [4.78, 5) is 31.8. The second kappa shape index (κ2) is 4.92. The van der Waals surface area contributed by atoms with Crippen LogP contribution in [0.25, 0.3) is 0 Å². The quantitative estimate of drug-likeness (QED) is 0.661. The second-order valence-electron chi connectivity index (χ2n) is 3.21. The number of hydrogen-bond donors (Lipinski definition) is 2. The van der Waals surface area contributed by atoms with Gasteiger partial charge in [0.15, 0.2) is 5.82 Å². The molecule has 0 saturated heterocycles. The van der Waals surface area contributed by atoms with E-state index in [4.69, 9.17) is 0 Å². The number of carbonyl (C=O) groups excluding carboxylic acids is 1. The van der Waals surface area contributed by atoms with E-state index in [1.807, 2.05) is 0 Å². The van der Waals surface area contributed by atoms with Crippen LogP contribution in [-0.4, -0.2) is 25.8 Å². The van der Waals surface area contributed by atoms with Crippen LogP contribution < -0.4 is 5.32 Å². The highest BCUT2D eigenvalue weighted by Crippen LogP contribution is 2.13. The molecule has 0 aromatic carbocycles. The van der Waals surface area contributed by atoms with Crippen molar-refractivity contribution in [1.29, 1.82) is 0 Å². The summed E-state index contributed by atoms with van der Waals surface area (Å²) in [5, 5.41) is 12.9. The van der Waals surface area contributed by atoms with Crippen LogP contribution >= 0.6 is 15.9 Å². The van der Waals surface area contributed by atoms with Gasteiger partial charge in [-0.1, -0.05) is 0 Å². The van der Waals surface area contributed by atoms with Gasteiger partial charge in [-0.05, 0) is 15.9 Å². The van der Waals surface area contributed by atoms with Gasteiger partial charge >= 0.3 is 0 Å². The first kappa shape index (κ1) is 12.2. The lowest BCUT2D eigenvalue weighted by Crippen LogP contribution is -2.13. The molecule has 9 heteroatoms. The Bertz CT molecular complexity index is 595. The highest BCUT2D eigenvalue weighted by Gasteiger charge is 2.14. The molecule has 0 fully saturated rings. The zero-order valence-electron chi connectivity index (χ0n) is 8.75. The molecular weight excluding hydrogens is 306 g/mol. The summed E-state index contributed by atoms with van der Waals surface area (Å²) < 4.78 is 0.538. The second-order valence-corrected chi connectivity index (χ2v) is 4.02. The van der Waals surface area contributed by atoms with Crippen LogP contribution in [0.3, 0.4) is 0 Å². The Labute approximate surface area is 109 Å². The van der Waals surface area contributed by atoms with Crippen molar-refractivity contribution in [2.45, 2.75) is 0 Å². The van der Waals surface area contributed by atoms with Gasteiger partial charge < -0.3 is 10.3 Å². The van der Waals surface area contributed by atoms with Crippen molar-refractivity contribution in [2.75, 3.05) is 5.32 Å². The predicted molar refractivity (Wildman–Crippen MR) is 65.1 cm³/mol. The Hall–Kier alpha value is -2.29. The van der Waals surface area contributed by atoms with Crippen molar-refractivity contribution in [3.05, 3.63) is 45.1 Å². The van der Waals surface area contributed by atoms with E-state index in [9.17, 15) is 14.9 Å². The maximum Gasteiger partial charge on any atom is 0.287 e. The summed E-state index contributed by atoms with van der Waals surface area (Å²) in [7, 11) is 0. The van der Waals surface area contributed by atoms with Crippen molar-refractivity contribution in [1.82, 2.24) is 15.0 Å². The molecule has 0 aliphatic heterocycles. The van der Waals surface area contributed by atoms with E-state index in [1.165, 1.54) is 12.4 Å². The van der Waals surface area contributed by atoms with Crippen molar-refractivity contribution in [3.8, 4) is 0 Å². The molecule has 0 unspecified atom stereocenters. The lowest BCUT2D eigenvalue weighted by molar-refractivity contribution is -0.384. The number of hydrogen-bond acceptors (Lipinski definition) is 5. The average molecular weight is 312 g/mol. The first-order valence-electron chi connectivity index (χ1n) is 4.68. The molecule has 2 aromatic rings. The maximum absolute atomic E-state index is 11.7. The number of aromatic amines is 1. The zero-order valence-corrected chi connectivity index (χ0v) is 10.3. The SMILES string of the molecule is O=C(Nc1cnc(Br)cn1)c1cc([N+](=O)[O-])c[nH]1. The number of carbonyl (C=O) groups is 1. The van der Waals surface area contributed by atoms with Crippen LogP contribution in [0, 0.1) is 10.1 Å². The molecule has 0 radical (unpaired) electrons. The molecule has 2 rings (SSSR count). The van der Waals surface area contributed by atoms with Crippen molar-refractivity contribution >= 4 is 33.3 Å². The number of anilines is 1. The van der Waals surface area contributed by atoms with Crippen molar-refractivity contribution in [3.63, 3.8) is 0 Å². The molecule has 0 bridgehead atoms. The van der Waals surface area contributed by atoms with Gasteiger partial charge in [-0.3, -0.25) is 14.9 Å². The molecular formula is C9H6BrN5O3. The molecule has 18 heavy (non-hydrogen) atoms. The molecule has 92 valence electrons. The third-order valence-electron chi connectivity index (χ3n) is 1.99. The standard InChI is InChI=1S/C9H6BrN5O3/c10-7-3-13-8(4-12-7)14-9(16)6-1-5(2-11-6)15(17)18/h1-4,11H,(H,13,14,16). The van der Waals surface area contributed by atoms with Gasteiger partial charge in [0.2, 0.25) is 0 Å². The smallest absolute Gasteiger partial charge is 0.287 e. The van der Waals surface area contributed by atoms with Gasteiger partial charge in [-0.25, -0.2) is 9.97 Å². The maximum atomic E-state index is 11.7. The number of rotatable bonds is 3. The number of aromatic nitrogens is 3. The first-order chi connectivity index (χ1) is 8.56. The summed E-state index contributed by atoms with van der Waals surface area (Å²) in [6.45, 7) is 0. The highest BCUT2D eigenvalue weighted by molar-refractivity contribution is 9.10. The van der Waals surface area contributed by atoms with Crippen LogP contribution in [0.5, 0.6) is 0 Å². The summed E-state index contributed by atoms with van der Waals surface area (Å²) in [5.41, 5.74) is -0.103. The minimum atomic E-state index is -0.591. The number of halogens is 1. The Kier molecular flexibility index (Phi) is 3.33. The number of nitro groups is 1. The zero-order chi connectivity index (χ0) is 13.1. The minimum Gasteiger partial charge on any atom is -0.351 e. The molecule has 1 amide bonds. The van der Waals surface area contributed by atoms with Gasteiger partial charge in [-0.2, -0.15) is 0 Å². The van der Waals surface area contributed by atoms with Crippen LogP contribution in [0.15, 0.2) is 29.3 Å². The van der Waals surface area contributed by atoms with E-state index >= 15 is 0 Å². The third-order valence-corrected chi connectivity index (χ3v) is 2.39. The molecule has 0 saturated carbocycles. The summed E-state index contributed by atoms with van der Waals surface area (Å²) in [5.74, 6) is -0.278. The lowest BCUT2D eigenvalue weighted by Gasteiger charge is -2.01. The fourth-order valence-corrected chi connectivity index (χ4v) is 1.38. The number of amides is 1. The topological polar surface area (TPSA) is 114 Å². The van der Waals surface area contributed by atoms with Crippen LogP contribution in [0.2, 0.25) is 0 Å². The Morgan fingerprint density at radius 1 is 1.44 bits per heavy atom. The fraction of sp³-hybridized carbons (Fsp3) is 0. The molecule has 2 heterocycles. The molecule has 0 aliphatic carbocycles. The van der Waals surface area contributed by atoms with Crippen molar-refractivity contribution in [2.24, 2.45) is 0 Å². The highest BCUT2D eigenvalue weighted by atomic mass is 79.9. The van der Waals surface area contributed by atoms with Gasteiger partial charge in [0.25, 0.3) is 11.6 Å². The van der Waals surface area contributed by atoms with Crippen molar-refractivity contribution < 1.29 is 9.72 Å². The summed E-state index contributed by atoms with van der Waals surface area (Å²) in [6.07, 6.45) is 3.92. The number of nitrogens with one attached hydrogen (secondary N) is 2. The summed E-state index contributed by atoms with van der Waals surface area (Å²) >= 11 is 3.11. The average Bonchev–Trinajstić information content (AvgIpc) is 2.81. The van der Waals surface area contributed by atoms with Gasteiger partial charge in [0, 0.05) is 6.07 Å². The van der Waals surface area contributed by atoms with Crippen LogP contribution in [-0.2, 0) is 0 Å². The largest absolute Gasteiger partial charge is 0.351 e. The molecule has 0 aliphatic rings. The Morgan fingerprint density at radius 2 is 2.22 bits per heavy atom. The van der Waals surface area contributed by atoms with Crippen LogP contribution in [0.1, 0.15) is 10.5 Å². The Morgan fingerprint density at radius 3 is 2.78 bits per heavy atom. The van der Waals surface area contributed by atoms with E-state index < -0.39 is 10.8 Å². The minimum absolute atomic E-state index is 0.0754. The number of H-pyrrole nitrogens is 1. The van der Waals surface area contributed by atoms with E-state index in [2.05, 4.69) is 36.2 Å². The fourth-order valence-electron chi connectivity index (χ4n) is 1.18. The van der Waals surface area contributed by atoms with Gasteiger partial charge in [0.05, 0.1) is 23.5 Å². The lowest BCUT2D eigenvalue weighted by atomic mass is 10.4. The molecule has 0 atom stereocenters. The van der Waals surface area contributed by atoms with E-state index in [0.29, 0.717) is 4.60 Å². The molecule has 0 spiro atoms. The van der Waals surface area contributed by atoms with E-state index in [1.54, 1.807) is 0 Å². The molecule has 2 aromatic heterocycles. The Balaban J connectivity index is 2.11. The molecule has 2 N–H and O–H groups in total. The number of nitrogens with zero attached hydrogens (tertiary/aromatic N) is 3. The van der Waals surface area contributed by atoms with Gasteiger partial charge in [-0.15, -0.1) is 0 Å². The normalized spacial score (nSPS) is 10.1. The van der Waals surface area contributed by atoms with E-state index in [0.717, 1.165) is 12.3 Å². The molecule has 8 nitrogen and oxygen atoms in total.